The van der Waals surface area contributed by atoms with Crippen molar-refractivity contribution in [2.45, 2.75) is 0 Å². The molecule has 76 valence electrons. The normalized spacial score (nSPS) is 11.0. The van der Waals surface area contributed by atoms with Crippen molar-refractivity contribution < 1.29 is 4.68 Å². The summed E-state index contributed by atoms with van der Waals surface area (Å²) in [6.07, 6.45) is 1.29. The molecule has 0 aliphatic heterocycles. The predicted octanol–water partition coefficient (Wildman–Crippen LogP) is 1.55. The van der Waals surface area contributed by atoms with Gasteiger partial charge in [0.1, 0.15) is 4.88 Å². The van der Waals surface area contributed by atoms with Crippen molar-refractivity contribution in [2.24, 2.45) is 12.2 Å². The summed E-state index contributed by atoms with van der Waals surface area (Å²) in [4.78, 5) is 0.777. The van der Waals surface area contributed by atoms with Crippen LogP contribution < -0.4 is 4.68 Å². The Hall–Kier alpha value is -1.75. The van der Waals surface area contributed by atoms with Gasteiger partial charge in [0.25, 0.3) is 5.69 Å². The third-order valence-electron chi connectivity index (χ3n) is 2.04. The Kier molecular flexibility index (Phi) is 2.73. The van der Waals surface area contributed by atoms with Gasteiger partial charge < -0.3 is 10.4 Å². The van der Waals surface area contributed by atoms with E-state index >= 15 is 0 Å². The minimum Gasteiger partial charge on any atom is -0.792 e. The van der Waals surface area contributed by atoms with Crippen molar-refractivity contribution in [3.63, 3.8) is 0 Å². The van der Waals surface area contributed by atoms with Crippen LogP contribution in [-0.4, -0.2) is 10.7 Å². The molecule has 15 heavy (non-hydrogen) atoms. The van der Waals surface area contributed by atoms with Gasteiger partial charge >= 0.3 is 0 Å². The van der Waals surface area contributed by atoms with Crippen molar-refractivity contribution in [2.75, 3.05) is 0 Å². The number of aryl methyl sites for hydroxylation is 1. The van der Waals surface area contributed by atoms with Gasteiger partial charge in [-0.2, -0.15) is 0 Å². The highest BCUT2D eigenvalue weighted by atomic mass is 32.1. The van der Waals surface area contributed by atoms with Gasteiger partial charge in [-0.25, -0.2) is 0 Å². The van der Waals surface area contributed by atoms with Crippen LogP contribution in [0.15, 0.2) is 35.5 Å². The molecule has 0 radical (unpaired) electrons. The van der Waals surface area contributed by atoms with Crippen LogP contribution in [0.5, 0.6) is 0 Å². The van der Waals surface area contributed by atoms with Crippen molar-refractivity contribution in [3.8, 4) is 11.3 Å². The molecule has 4 nitrogen and oxygen atoms in total. The molecule has 0 aliphatic rings. The van der Waals surface area contributed by atoms with Crippen molar-refractivity contribution >= 4 is 17.7 Å². The Balaban J connectivity index is 2.56. The summed E-state index contributed by atoms with van der Waals surface area (Å²) in [7, 11) is 1.85. The van der Waals surface area contributed by atoms with Crippen LogP contribution >= 0.6 is 11.5 Å². The number of nitrogens with zero attached hydrogens (tertiary/aromatic N) is 3. The fraction of sp³-hybridized carbons (Fsp3) is 0.100. The molecule has 0 unspecified atom stereocenters. The summed E-state index contributed by atoms with van der Waals surface area (Å²) in [6.45, 7) is 0. The number of hydrogen-bond donors (Lipinski definition) is 0. The van der Waals surface area contributed by atoms with Crippen LogP contribution in [-0.2, 0) is 7.05 Å². The lowest BCUT2D eigenvalue weighted by atomic mass is 10.1. The third kappa shape index (κ3) is 1.87. The smallest absolute Gasteiger partial charge is 0.260 e. The zero-order valence-corrected chi connectivity index (χ0v) is 8.94. The van der Waals surface area contributed by atoms with Crippen LogP contribution in [0.1, 0.15) is 4.88 Å². The molecule has 1 aromatic carbocycles. The number of aromatic nitrogens is 2. The molecule has 0 N–H and O–H groups in total. The molecule has 0 fully saturated rings. The predicted molar refractivity (Wildman–Crippen MR) is 59.7 cm³/mol. The molecular weight excluding hydrogens is 210 g/mol. The molecule has 0 spiro atoms. The maximum atomic E-state index is 10.2. The molecular formula is C10H9N3OS. The molecule has 2 aromatic rings. The highest BCUT2D eigenvalue weighted by Gasteiger charge is 2.18. The summed E-state index contributed by atoms with van der Waals surface area (Å²) < 4.78 is 5.89. The van der Waals surface area contributed by atoms with Crippen LogP contribution in [0.25, 0.3) is 11.3 Å². The standard InChI is InChI=1S/C10H9N3OS/c1-13-10(8-5-3-2-4-6-8)9(7-11-14)15-12-13/h2-7H,1H3/b11-7-. The second-order valence-electron chi connectivity index (χ2n) is 3.01. The molecule has 0 amide bonds. The Morgan fingerprint density at radius 2 is 2.13 bits per heavy atom. The number of hydrogen-bond acceptors (Lipinski definition) is 4. The molecule has 2 rings (SSSR count). The lowest BCUT2D eigenvalue weighted by Crippen LogP contribution is -2.31. The highest BCUT2D eigenvalue weighted by Crippen LogP contribution is 2.20. The van der Waals surface area contributed by atoms with Crippen LogP contribution in [0.3, 0.4) is 0 Å². The van der Waals surface area contributed by atoms with E-state index in [1.165, 1.54) is 17.7 Å². The quantitative estimate of drug-likeness (QED) is 0.437. The summed E-state index contributed by atoms with van der Waals surface area (Å²) in [5.41, 5.74) is 1.95. The van der Waals surface area contributed by atoms with Crippen LogP contribution in [0, 0.1) is 5.21 Å². The van der Waals surface area contributed by atoms with E-state index in [9.17, 15) is 5.21 Å². The molecule has 0 saturated heterocycles. The largest absolute Gasteiger partial charge is 0.792 e. The van der Waals surface area contributed by atoms with Crippen LogP contribution in [0.2, 0.25) is 0 Å². The third-order valence-corrected chi connectivity index (χ3v) is 2.86. The second kappa shape index (κ2) is 4.18. The zero-order valence-electron chi connectivity index (χ0n) is 8.12. The van der Waals surface area contributed by atoms with E-state index in [-0.39, 0.29) is 0 Å². The first-order valence-electron chi connectivity index (χ1n) is 4.40. The fourth-order valence-electron chi connectivity index (χ4n) is 1.41. The molecule has 5 heteroatoms. The molecule has 1 aromatic heterocycles. The second-order valence-corrected chi connectivity index (χ2v) is 3.80. The summed E-state index contributed by atoms with van der Waals surface area (Å²) in [5.74, 6) is 0. The van der Waals surface area contributed by atoms with Gasteiger partial charge in [-0.1, -0.05) is 22.9 Å². The Morgan fingerprint density at radius 3 is 2.80 bits per heavy atom. The zero-order chi connectivity index (χ0) is 10.7. The minimum atomic E-state index is 0.777. The maximum Gasteiger partial charge on any atom is 0.260 e. The average molecular weight is 219 g/mol. The molecule has 0 atom stereocenters. The van der Waals surface area contributed by atoms with Gasteiger partial charge in [-0.15, -0.1) is 0 Å². The summed E-state index contributed by atoms with van der Waals surface area (Å²) >= 11 is 1.26. The summed E-state index contributed by atoms with van der Waals surface area (Å²) in [5, 5.41) is 13.0. The van der Waals surface area contributed by atoms with E-state index in [0.717, 1.165) is 16.1 Å². The average Bonchev–Trinajstić information content (AvgIpc) is 2.62. The number of benzene rings is 1. The lowest BCUT2D eigenvalue weighted by molar-refractivity contribution is -0.712. The van der Waals surface area contributed by atoms with E-state index in [1.54, 1.807) is 4.68 Å². The first-order valence-corrected chi connectivity index (χ1v) is 5.17. The monoisotopic (exact) mass is 219 g/mol. The van der Waals surface area contributed by atoms with E-state index < -0.39 is 0 Å². The van der Waals surface area contributed by atoms with Gasteiger partial charge in [0.15, 0.2) is 7.05 Å². The van der Waals surface area contributed by atoms with E-state index in [0.29, 0.717) is 0 Å². The first kappa shape index (κ1) is 9.79. The van der Waals surface area contributed by atoms with E-state index in [4.69, 9.17) is 0 Å². The Bertz CT molecular complexity index is 479. The van der Waals surface area contributed by atoms with Crippen molar-refractivity contribution in [1.82, 2.24) is 4.49 Å². The van der Waals surface area contributed by atoms with E-state index in [2.05, 4.69) is 9.64 Å². The van der Waals surface area contributed by atoms with E-state index in [1.807, 2.05) is 37.4 Å². The van der Waals surface area contributed by atoms with Crippen molar-refractivity contribution in [3.05, 3.63) is 40.4 Å². The first-order chi connectivity index (χ1) is 7.33. The highest BCUT2D eigenvalue weighted by molar-refractivity contribution is 7.07. The molecule has 1 heterocycles. The Labute approximate surface area is 91.3 Å². The van der Waals surface area contributed by atoms with Crippen LogP contribution in [0.4, 0.5) is 0 Å². The Morgan fingerprint density at radius 1 is 1.40 bits per heavy atom. The fourth-order valence-corrected chi connectivity index (χ4v) is 2.13. The topological polar surface area (TPSA) is 52.2 Å². The number of rotatable bonds is 2. The van der Waals surface area contributed by atoms with Gasteiger partial charge in [0.2, 0.25) is 0 Å². The van der Waals surface area contributed by atoms with Gasteiger partial charge in [-0.05, 0) is 12.1 Å². The van der Waals surface area contributed by atoms with Crippen molar-refractivity contribution in [1.29, 1.82) is 0 Å². The SMILES string of the molecule is C[n+]1nsc(/C=N\[O-])c1-c1ccccc1. The summed E-state index contributed by atoms with van der Waals surface area (Å²) in [6, 6.07) is 9.80. The van der Waals surface area contributed by atoms with Gasteiger partial charge in [0.05, 0.1) is 10.1 Å². The van der Waals surface area contributed by atoms with Gasteiger partial charge in [-0.3, -0.25) is 0 Å². The molecule has 0 aliphatic carbocycles. The lowest BCUT2D eigenvalue weighted by Gasteiger charge is -1.94. The molecule has 0 bridgehead atoms. The van der Waals surface area contributed by atoms with Gasteiger partial charge in [0, 0.05) is 17.7 Å². The maximum absolute atomic E-state index is 10.2. The minimum absolute atomic E-state index is 0.777. The molecule has 0 saturated carbocycles.